The van der Waals surface area contributed by atoms with Crippen LogP contribution in [0.3, 0.4) is 0 Å². The molecule has 0 bridgehead atoms. The summed E-state index contributed by atoms with van der Waals surface area (Å²) in [6.45, 7) is 13.7. The van der Waals surface area contributed by atoms with Crippen LogP contribution in [0.4, 0.5) is 0 Å². The van der Waals surface area contributed by atoms with Crippen LogP contribution in [0.15, 0.2) is 24.3 Å². The minimum absolute atomic E-state index is 1.33. The third kappa shape index (κ3) is 13.8. The molecule has 0 heterocycles. The molecule has 80 valence electrons. The molecule has 14 heavy (non-hydrogen) atoms. The van der Waals surface area contributed by atoms with Gasteiger partial charge in [0.1, 0.15) is 0 Å². The highest BCUT2D eigenvalue weighted by Crippen LogP contribution is 1.99. The minimum atomic E-state index is 1.33. The second-order valence-corrected chi connectivity index (χ2v) is 2.15. The van der Waals surface area contributed by atoms with Gasteiger partial charge in [-0.1, -0.05) is 69.9 Å². The normalized spacial score (nSPS) is 6.50. The fourth-order valence-electron chi connectivity index (χ4n) is 0.637. The molecule has 1 heteroatoms. The zero-order valence-electron chi connectivity index (χ0n) is 10.9. The summed E-state index contributed by atoms with van der Waals surface area (Å²) in [7, 11) is 4.50. The molecule has 1 rings (SSSR count). The van der Waals surface area contributed by atoms with Crippen molar-refractivity contribution in [2.24, 2.45) is 0 Å². The van der Waals surface area contributed by atoms with Crippen LogP contribution in [0.5, 0.6) is 0 Å². The third-order valence-electron chi connectivity index (χ3n) is 1.22. The van der Waals surface area contributed by atoms with E-state index in [1.807, 2.05) is 27.7 Å². The van der Waals surface area contributed by atoms with Crippen LogP contribution in [-0.4, -0.2) is 7.85 Å². The van der Waals surface area contributed by atoms with E-state index < -0.39 is 0 Å². The number of hydrogen-bond acceptors (Lipinski definition) is 0. The summed E-state index contributed by atoms with van der Waals surface area (Å²) in [6, 6.07) is 8.48. The molecule has 1 aromatic rings. The van der Waals surface area contributed by atoms with Gasteiger partial charge in [0.2, 0.25) is 0 Å². The zero-order valence-corrected chi connectivity index (χ0v) is 10.9. The van der Waals surface area contributed by atoms with Gasteiger partial charge in [-0.05, 0) is 13.8 Å². The Balaban J connectivity index is -0.000000174. The quantitative estimate of drug-likeness (QED) is 0.528. The number of hydrogen-bond donors (Lipinski definition) is 0. The monoisotopic (exact) mass is 192 g/mol. The molecule has 0 aliphatic heterocycles. The van der Waals surface area contributed by atoms with Crippen molar-refractivity contribution in [1.82, 2.24) is 0 Å². The van der Waals surface area contributed by atoms with E-state index in [4.69, 9.17) is 0 Å². The van der Waals surface area contributed by atoms with Crippen LogP contribution < -0.4 is 0 Å². The van der Waals surface area contributed by atoms with Crippen LogP contribution in [0.1, 0.15) is 38.8 Å². The van der Waals surface area contributed by atoms with Crippen molar-refractivity contribution >= 4 is 7.85 Å². The van der Waals surface area contributed by atoms with Crippen molar-refractivity contribution < 1.29 is 0 Å². The Morgan fingerprint density at radius 1 is 0.643 bits per heavy atom. The van der Waals surface area contributed by atoms with E-state index in [0.717, 1.165) is 0 Å². The summed E-state index contributed by atoms with van der Waals surface area (Å²) in [4.78, 5) is 0. The lowest BCUT2D eigenvalue weighted by Crippen LogP contribution is -1.70. The van der Waals surface area contributed by atoms with E-state index in [1.165, 1.54) is 17.9 Å². The van der Waals surface area contributed by atoms with E-state index in [9.17, 15) is 0 Å². The van der Waals surface area contributed by atoms with E-state index in [0.29, 0.717) is 0 Å². The number of aryl methyl sites for hydroxylation is 2. The van der Waals surface area contributed by atoms with Gasteiger partial charge in [0, 0.05) is 0 Å². The topological polar surface area (TPSA) is 0 Å². The molecule has 0 aromatic heterocycles. The lowest BCUT2D eigenvalue weighted by Gasteiger charge is -1.90. The average molecular weight is 192 g/mol. The summed E-state index contributed by atoms with van der Waals surface area (Å²) in [6.07, 6.45) is 0. The van der Waals surface area contributed by atoms with Gasteiger partial charge in [0.15, 0.2) is 0 Å². The summed E-state index contributed by atoms with van der Waals surface area (Å²) in [5.74, 6) is 0. The smallest absolute Gasteiger partial charge is 0.0606 e. The fourth-order valence-corrected chi connectivity index (χ4v) is 0.637. The summed E-state index contributed by atoms with van der Waals surface area (Å²) >= 11 is 0. The van der Waals surface area contributed by atoms with Crippen LogP contribution in [-0.2, 0) is 0 Å². The van der Waals surface area contributed by atoms with Crippen molar-refractivity contribution in [1.29, 1.82) is 0 Å². The van der Waals surface area contributed by atoms with Gasteiger partial charge in [-0.15, -0.1) is 0 Å². The Morgan fingerprint density at radius 3 is 0.929 bits per heavy atom. The second kappa shape index (κ2) is 18.1. The van der Waals surface area contributed by atoms with Gasteiger partial charge in [-0.2, -0.15) is 0 Å². The first-order valence-electron chi connectivity index (χ1n) is 5.40. The molecule has 0 aliphatic carbocycles. The van der Waals surface area contributed by atoms with Crippen molar-refractivity contribution in [3.05, 3.63) is 35.4 Å². The van der Waals surface area contributed by atoms with Crippen LogP contribution >= 0.6 is 0 Å². The highest BCUT2D eigenvalue weighted by molar-refractivity contribution is 6.05. The molecular weight excluding hydrogens is 167 g/mol. The summed E-state index contributed by atoms with van der Waals surface area (Å²) in [5.41, 5.74) is 2.66. The number of benzene rings is 1. The van der Waals surface area contributed by atoms with E-state index in [-0.39, 0.29) is 0 Å². The maximum Gasteiger partial charge on any atom is 0.0606 e. The lowest BCUT2D eigenvalue weighted by atomic mass is 10.2. The first kappa shape index (κ1) is 19.0. The average Bonchev–Trinajstić information content (AvgIpc) is 2.31. The molecule has 0 saturated heterocycles. The third-order valence-corrected chi connectivity index (χ3v) is 1.22. The van der Waals surface area contributed by atoms with Crippen LogP contribution in [0.25, 0.3) is 0 Å². The molecule has 0 N–H and O–H groups in total. The van der Waals surface area contributed by atoms with Gasteiger partial charge in [-0.3, -0.25) is 0 Å². The fraction of sp³-hybridized carbons (Fsp3) is 0.538. The van der Waals surface area contributed by atoms with Gasteiger partial charge in [-0.25, -0.2) is 0 Å². The maximum absolute atomic E-state index is 4.50. The Morgan fingerprint density at radius 2 is 0.786 bits per heavy atom. The standard InChI is InChI=1S/C8H10.2C2H6.CH3B/c1-7-3-5-8(2)6-4-7;3*1-2/h3-6H,1-2H3;2*1-2H3;1H3. The Bertz CT molecular complexity index is 144. The lowest BCUT2D eigenvalue weighted by molar-refractivity contribution is 1.40. The molecule has 0 saturated carbocycles. The molecule has 0 aliphatic rings. The first-order chi connectivity index (χ1) is 6.79. The van der Waals surface area contributed by atoms with Crippen LogP contribution in [0, 0.1) is 13.8 Å². The SMILES string of the molecule is CC.CC.Cc1ccc(C)cc1.[B]C. The largest absolute Gasteiger partial charge is 0.0999 e. The van der Waals surface area contributed by atoms with Gasteiger partial charge >= 0.3 is 0 Å². The van der Waals surface area contributed by atoms with Crippen molar-refractivity contribution in [3.8, 4) is 0 Å². The van der Waals surface area contributed by atoms with Gasteiger partial charge < -0.3 is 0 Å². The molecule has 0 amide bonds. The summed E-state index contributed by atoms with van der Waals surface area (Å²) in [5, 5.41) is 0. The van der Waals surface area contributed by atoms with Gasteiger partial charge in [0.05, 0.1) is 7.85 Å². The van der Waals surface area contributed by atoms with E-state index in [2.05, 4.69) is 46.0 Å². The minimum Gasteiger partial charge on any atom is -0.0999 e. The van der Waals surface area contributed by atoms with Crippen molar-refractivity contribution in [2.75, 3.05) is 0 Å². The molecule has 0 unspecified atom stereocenters. The Kier molecular flexibility index (Phi) is 24.6. The predicted octanol–water partition coefficient (Wildman–Crippen LogP) is 4.56. The maximum atomic E-state index is 4.50. The zero-order chi connectivity index (χ0) is 12.0. The van der Waals surface area contributed by atoms with Gasteiger partial charge in [0.25, 0.3) is 0 Å². The van der Waals surface area contributed by atoms with Crippen LogP contribution in [0.2, 0.25) is 6.82 Å². The summed E-state index contributed by atoms with van der Waals surface area (Å²) < 4.78 is 0. The van der Waals surface area contributed by atoms with E-state index >= 15 is 0 Å². The molecule has 0 spiro atoms. The molecule has 0 atom stereocenters. The first-order valence-corrected chi connectivity index (χ1v) is 5.40. The van der Waals surface area contributed by atoms with Crippen molar-refractivity contribution in [3.63, 3.8) is 0 Å². The predicted molar refractivity (Wildman–Crippen MR) is 70.2 cm³/mol. The highest BCUT2D eigenvalue weighted by atomic mass is 13.9. The number of rotatable bonds is 0. The molecule has 0 nitrogen and oxygen atoms in total. The Labute approximate surface area is 92.2 Å². The van der Waals surface area contributed by atoms with E-state index in [1.54, 1.807) is 0 Å². The molecule has 2 radical (unpaired) electrons. The highest BCUT2D eigenvalue weighted by Gasteiger charge is 1.79. The van der Waals surface area contributed by atoms with Crippen molar-refractivity contribution in [2.45, 2.75) is 48.4 Å². The molecule has 1 aromatic carbocycles. The second-order valence-electron chi connectivity index (χ2n) is 2.15. The Hall–Kier alpha value is -0.715. The molecule has 0 fully saturated rings. The molecular formula is C13H25B.